The van der Waals surface area contributed by atoms with Gasteiger partial charge in [0.2, 0.25) is 11.8 Å². The van der Waals surface area contributed by atoms with Gasteiger partial charge in [0.15, 0.2) is 0 Å². The first kappa shape index (κ1) is 14.6. The number of aryl methyl sites for hydroxylation is 1. The standard InChI is InChI=1S/C16H19BrN2O2/c1-11-8-13(17)4-5-14(11)19-10-12(9-15(19)20)16(21)18-6-2-3-7-18/h4-5,8,12H,2-3,6-7,9-10H2,1H3. The molecule has 0 spiro atoms. The van der Waals surface area contributed by atoms with Crippen LogP contribution < -0.4 is 4.90 Å². The Hall–Kier alpha value is -1.36. The summed E-state index contributed by atoms with van der Waals surface area (Å²) in [4.78, 5) is 28.4. The molecule has 0 N–H and O–H groups in total. The normalized spacial score (nSPS) is 22.2. The molecule has 3 rings (SSSR count). The average Bonchev–Trinajstić information content (AvgIpc) is 3.08. The summed E-state index contributed by atoms with van der Waals surface area (Å²) in [6.45, 7) is 4.20. The van der Waals surface area contributed by atoms with E-state index < -0.39 is 0 Å². The van der Waals surface area contributed by atoms with Crippen LogP contribution in [0.5, 0.6) is 0 Å². The van der Waals surface area contributed by atoms with Gasteiger partial charge in [-0.05, 0) is 43.5 Å². The number of amides is 2. The van der Waals surface area contributed by atoms with Crippen LogP contribution in [0.25, 0.3) is 0 Å². The highest BCUT2D eigenvalue weighted by Crippen LogP contribution is 2.30. The fourth-order valence-electron chi connectivity index (χ4n) is 3.22. The highest BCUT2D eigenvalue weighted by atomic mass is 79.9. The summed E-state index contributed by atoms with van der Waals surface area (Å²) >= 11 is 3.44. The van der Waals surface area contributed by atoms with E-state index in [0.717, 1.165) is 41.7 Å². The summed E-state index contributed by atoms with van der Waals surface area (Å²) in [7, 11) is 0. The lowest BCUT2D eigenvalue weighted by atomic mass is 10.1. The molecule has 0 aliphatic carbocycles. The number of nitrogens with zero attached hydrogens (tertiary/aromatic N) is 2. The maximum atomic E-state index is 12.4. The second-order valence-corrected chi connectivity index (χ2v) is 6.78. The largest absolute Gasteiger partial charge is 0.342 e. The first-order valence-corrected chi connectivity index (χ1v) is 8.21. The first-order valence-electron chi connectivity index (χ1n) is 7.41. The molecule has 2 fully saturated rings. The van der Waals surface area contributed by atoms with E-state index >= 15 is 0 Å². The Morgan fingerprint density at radius 2 is 2.00 bits per heavy atom. The van der Waals surface area contributed by atoms with Crippen molar-refractivity contribution in [2.75, 3.05) is 24.5 Å². The minimum Gasteiger partial charge on any atom is -0.342 e. The van der Waals surface area contributed by atoms with Crippen molar-refractivity contribution >= 4 is 33.4 Å². The van der Waals surface area contributed by atoms with Crippen LogP contribution in [-0.4, -0.2) is 36.3 Å². The summed E-state index contributed by atoms with van der Waals surface area (Å²) < 4.78 is 1.00. The predicted octanol–water partition coefficient (Wildman–Crippen LogP) is 2.73. The van der Waals surface area contributed by atoms with Crippen molar-refractivity contribution in [3.05, 3.63) is 28.2 Å². The van der Waals surface area contributed by atoms with Crippen LogP contribution in [0.4, 0.5) is 5.69 Å². The Morgan fingerprint density at radius 1 is 1.29 bits per heavy atom. The van der Waals surface area contributed by atoms with Gasteiger partial charge in [0.25, 0.3) is 0 Å². The fourth-order valence-corrected chi connectivity index (χ4v) is 3.70. The van der Waals surface area contributed by atoms with E-state index in [0.29, 0.717) is 13.0 Å². The molecular formula is C16H19BrN2O2. The van der Waals surface area contributed by atoms with Gasteiger partial charge in [-0.1, -0.05) is 15.9 Å². The summed E-state index contributed by atoms with van der Waals surface area (Å²) in [5.74, 6) is 0.0229. The lowest BCUT2D eigenvalue weighted by molar-refractivity contribution is -0.134. The lowest BCUT2D eigenvalue weighted by Gasteiger charge is -2.21. The van der Waals surface area contributed by atoms with Crippen LogP contribution in [0.1, 0.15) is 24.8 Å². The van der Waals surface area contributed by atoms with Crippen molar-refractivity contribution in [3.63, 3.8) is 0 Å². The van der Waals surface area contributed by atoms with E-state index in [1.807, 2.05) is 30.0 Å². The fraction of sp³-hybridized carbons (Fsp3) is 0.500. The monoisotopic (exact) mass is 350 g/mol. The van der Waals surface area contributed by atoms with Crippen molar-refractivity contribution in [1.29, 1.82) is 0 Å². The van der Waals surface area contributed by atoms with Crippen LogP contribution >= 0.6 is 15.9 Å². The molecule has 0 saturated carbocycles. The number of likely N-dealkylation sites (tertiary alicyclic amines) is 1. The van der Waals surface area contributed by atoms with Crippen LogP contribution in [-0.2, 0) is 9.59 Å². The molecule has 0 radical (unpaired) electrons. The highest BCUT2D eigenvalue weighted by molar-refractivity contribution is 9.10. The Labute approximate surface area is 133 Å². The Bertz CT molecular complexity index is 582. The number of hydrogen-bond acceptors (Lipinski definition) is 2. The zero-order chi connectivity index (χ0) is 15.0. The molecular weight excluding hydrogens is 332 g/mol. The molecule has 2 amide bonds. The molecule has 2 heterocycles. The second kappa shape index (κ2) is 5.79. The third-order valence-electron chi connectivity index (χ3n) is 4.34. The van der Waals surface area contributed by atoms with E-state index in [1.165, 1.54) is 0 Å². The van der Waals surface area contributed by atoms with Crippen molar-refractivity contribution in [1.82, 2.24) is 4.90 Å². The molecule has 0 bridgehead atoms. The smallest absolute Gasteiger partial charge is 0.228 e. The van der Waals surface area contributed by atoms with Crippen LogP contribution in [0.2, 0.25) is 0 Å². The Kier molecular flexibility index (Phi) is 4.02. The van der Waals surface area contributed by atoms with Crippen molar-refractivity contribution in [2.24, 2.45) is 5.92 Å². The molecule has 21 heavy (non-hydrogen) atoms. The molecule has 1 unspecified atom stereocenters. The molecule has 2 aliphatic heterocycles. The predicted molar refractivity (Wildman–Crippen MR) is 85.2 cm³/mol. The Balaban J connectivity index is 1.76. The van der Waals surface area contributed by atoms with Crippen LogP contribution in [0.15, 0.2) is 22.7 Å². The molecule has 112 valence electrons. The average molecular weight is 351 g/mol. The van der Waals surface area contributed by atoms with E-state index in [1.54, 1.807) is 4.90 Å². The molecule has 1 aromatic rings. The minimum atomic E-state index is -0.182. The number of carbonyl (C=O) groups is 2. The van der Waals surface area contributed by atoms with E-state index in [-0.39, 0.29) is 17.7 Å². The van der Waals surface area contributed by atoms with E-state index in [4.69, 9.17) is 0 Å². The van der Waals surface area contributed by atoms with Gasteiger partial charge in [0, 0.05) is 36.2 Å². The molecule has 2 saturated heterocycles. The lowest BCUT2D eigenvalue weighted by Crippen LogP contribution is -2.35. The van der Waals surface area contributed by atoms with Gasteiger partial charge in [-0.15, -0.1) is 0 Å². The summed E-state index contributed by atoms with van der Waals surface area (Å²) in [5, 5.41) is 0. The van der Waals surface area contributed by atoms with Crippen molar-refractivity contribution in [2.45, 2.75) is 26.2 Å². The molecule has 1 aromatic carbocycles. The third-order valence-corrected chi connectivity index (χ3v) is 4.83. The van der Waals surface area contributed by atoms with Crippen molar-refractivity contribution in [3.8, 4) is 0 Å². The second-order valence-electron chi connectivity index (χ2n) is 5.87. The number of carbonyl (C=O) groups excluding carboxylic acids is 2. The number of anilines is 1. The summed E-state index contributed by atoms with van der Waals surface area (Å²) in [5.41, 5.74) is 1.96. The zero-order valence-electron chi connectivity index (χ0n) is 12.1. The van der Waals surface area contributed by atoms with Gasteiger partial charge in [-0.3, -0.25) is 9.59 Å². The van der Waals surface area contributed by atoms with Gasteiger partial charge >= 0.3 is 0 Å². The topological polar surface area (TPSA) is 40.6 Å². The van der Waals surface area contributed by atoms with Gasteiger partial charge in [0.1, 0.15) is 0 Å². The van der Waals surface area contributed by atoms with Gasteiger partial charge < -0.3 is 9.80 Å². The number of benzene rings is 1. The number of rotatable bonds is 2. The third kappa shape index (κ3) is 2.84. The molecule has 4 nitrogen and oxygen atoms in total. The maximum absolute atomic E-state index is 12.4. The maximum Gasteiger partial charge on any atom is 0.228 e. The van der Waals surface area contributed by atoms with Crippen molar-refractivity contribution < 1.29 is 9.59 Å². The van der Waals surface area contributed by atoms with Gasteiger partial charge in [-0.2, -0.15) is 0 Å². The quantitative estimate of drug-likeness (QED) is 0.822. The number of hydrogen-bond donors (Lipinski definition) is 0. The summed E-state index contributed by atoms with van der Waals surface area (Å²) in [6.07, 6.45) is 2.51. The summed E-state index contributed by atoms with van der Waals surface area (Å²) in [6, 6.07) is 5.88. The highest BCUT2D eigenvalue weighted by Gasteiger charge is 2.38. The number of halogens is 1. The van der Waals surface area contributed by atoms with Gasteiger partial charge in [-0.25, -0.2) is 0 Å². The minimum absolute atomic E-state index is 0.0537. The van der Waals surface area contributed by atoms with E-state index in [2.05, 4.69) is 15.9 Å². The van der Waals surface area contributed by atoms with Gasteiger partial charge in [0.05, 0.1) is 5.92 Å². The van der Waals surface area contributed by atoms with E-state index in [9.17, 15) is 9.59 Å². The molecule has 1 atom stereocenters. The molecule has 5 heteroatoms. The Morgan fingerprint density at radius 3 is 2.67 bits per heavy atom. The SMILES string of the molecule is Cc1cc(Br)ccc1N1CC(C(=O)N2CCCC2)CC1=O. The first-order chi connectivity index (χ1) is 10.1. The zero-order valence-corrected chi connectivity index (χ0v) is 13.7. The molecule has 0 aromatic heterocycles. The van der Waals surface area contributed by atoms with Crippen LogP contribution in [0.3, 0.4) is 0 Å². The molecule has 2 aliphatic rings. The van der Waals surface area contributed by atoms with Crippen LogP contribution in [0, 0.1) is 12.8 Å².